The van der Waals surface area contributed by atoms with Gasteiger partial charge in [-0.3, -0.25) is 0 Å². The van der Waals surface area contributed by atoms with Crippen LogP contribution in [0, 0.1) is 0 Å². The summed E-state index contributed by atoms with van der Waals surface area (Å²) in [5, 5.41) is 12.3. The van der Waals surface area contributed by atoms with Crippen molar-refractivity contribution in [1.82, 2.24) is 0 Å². The van der Waals surface area contributed by atoms with Crippen LogP contribution in [-0.2, 0) is 9.36 Å². The summed E-state index contributed by atoms with van der Waals surface area (Å²) in [5.41, 5.74) is -0.642. The second kappa shape index (κ2) is 5.37. The van der Waals surface area contributed by atoms with E-state index in [4.69, 9.17) is 11.6 Å². The number of carboxylic acids is 1. The fraction of sp³-hybridized carbons (Fsp3) is 0.571. The summed E-state index contributed by atoms with van der Waals surface area (Å²) in [6.07, 6.45) is 1.58. The predicted molar refractivity (Wildman–Crippen MR) is 53.6 cm³/mol. The molecule has 1 heterocycles. The van der Waals surface area contributed by atoms with Gasteiger partial charge < -0.3 is 14.5 Å². The van der Waals surface area contributed by atoms with Gasteiger partial charge in [0.15, 0.2) is 0 Å². The third kappa shape index (κ3) is 3.11. The molecule has 0 amide bonds. The molecule has 74 valence electrons. The summed E-state index contributed by atoms with van der Waals surface area (Å²) in [5.74, 6) is -1.38. The van der Waals surface area contributed by atoms with Crippen LogP contribution >= 0.6 is 30.5 Å². The number of carboxylic acid groups (broad SMARTS) is 1. The maximum absolute atomic E-state index is 11.7. The van der Waals surface area contributed by atoms with Crippen molar-refractivity contribution >= 4 is 36.5 Å². The van der Waals surface area contributed by atoms with Gasteiger partial charge in [0.2, 0.25) is 0 Å². The van der Waals surface area contributed by atoms with Gasteiger partial charge in [0.25, 0.3) is 0 Å². The van der Waals surface area contributed by atoms with E-state index in [9.17, 15) is 14.5 Å². The Labute approximate surface area is 135 Å². The van der Waals surface area contributed by atoms with Gasteiger partial charge in [0.05, 0.1) is 18.8 Å². The Morgan fingerprint density at radius 3 is 2.43 bits per heavy atom. The number of allylic oxidation sites excluding steroid dienone is 1. The van der Waals surface area contributed by atoms with Crippen molar-refractivity contribution < 1.29 is 65.9 Å². The van der Waals surface area contributed by atoms with Crippen LogP contribution < -0.4 is 56.5 Å². The first-order chi connectivity index (χ1) is 5.78. The first-order valence-electron chi connectivity index (χ1n) is 3.58. The maximum Gasteiger partial charge on any atom is 1.00 e. The largest absolute Gasteiger partial charge is 1.00 e. The van der Waals surface area contributed by atoms with Gasteiger partial charge >= 0.3 is 51.4 Å². The van der Waals surface area contributed by atoms with E-state index in [0.717, 1.165) is 11.8 Å². The molecule has 0 aromatic rings. The van der Waals surface area contributed by atoms with Gasteiger partial charge in [-0.25, -0.2) is 0 Å². The predicted octanol–water partition coefficient (Wildman–Crippen LogP) is -2.07. The number of rotatable bonds is 2. The minimum Gasteiger partial charge on any atom is -0.547 e. The van der Waals surface area contributed by atoms with Crippen molar-refractivity contribution in [3.8, 4) is 0 Å². The second-order valence-corrected chi connectivity index (χ2v) is 8.65. The normalized spacial score (nSPS) is 31.2. The fourth-order valence-corrected chi connectivity index (χ4v) is 5.33. The van der Waals surface area contributed by atoms with Gasteiger partial charge in [-0.2, -0.15) is 0 Å². The van der Waals surface area contributed by atoms with E-state index in [0.29, 0.717) is 0 Å². The van der Waals surface area contributed by atoms with Crippen LogP contribution in [0.2, 0.25) is 0 Å². The van der Waals surface area contributed by atoms with Crippen LogP contribution in [0.15, 0.2) is 11.5 Å². The zero-order valence-corrected chi connectivity index (χ0v) is 13.8. The van der Waals surface area contributed by atoms with Crippen LogP contribution in [0.25, 0.3) is 0 Å². The number of carbonyl (C=O) groups excluding carboxylic acids is 1. The van der Waals surface area contributed by atoms with E-state index < -0.39 is 23.0 Å². The number of hydrogen-bond acceptors (Lipinski definition) is 4. The topological polar surface area (TPSA) is 57.2 Å². The molecule has 2 atom stereocenters. The van der Waals surface area contributed by atoms with Crippen molar-refractivity contribution in [1.29, 1.82) is 0 Å². The molecule has 14 heavy (non-hydrogen) atoms. The van der Waals surface area contributed by atoms with Gasteiger partial charge in [-0.1, -0.05) is 17.7 Å². The molecule has 0 saturated heterocycles. The number of alkyl halides is 1. The van der Waals surface area contributed by atoms with Crippen molar-refractivity contribution in [3.05, 3.63) is 11.5 Å². The standard InChI is InChI=1S/C7H10ClO3PS.K/c1-12(2,11)5-3-4-13-7(5,8)6(9)10;/h3-5H,1-2H3,(H,9,10);/q;+1/p-1. The minimum atomic E-state index is -2.55. The van der Waals surface area contributed by atoms with Crippen LogP contribution in [0.5, 0.6) is 0 Å². The quantitative estimate of drug-likeness (QED) is 0.331. The average molecular weight is 279 g/mol. The van der Waals surface area contributed by atoms with Crippen LogP contribution in [0.4, 0.5) is 0 Å². The molecule has 0 aromatic heterocycles. The molecule has 0 aliphatic carbocycles. The second-order valence-electron chi connectivity index (χ2n) is 3.26. The SMILES string of the molecule is CP(C)(=O)C1C=CSC1(Cl)C(=O)[O-].[K+]. The molecule has 0 aromatic carbocycles. The molecule has 0 N–H and O–H groups in total. The Hall–Kier alpha value is 1.72. The van der Waals surface area contributed by atoms with Gasteiger partial charge in [-0.15, -0.1) is 11.8 Å². The molecule has 1 aliphatic heterocycles. The zero-order valence-electron chi connectivity index (χ0n) is 8.19. The third-order valence-electron chi connectivity index (χ3n) is 1.83. The van der Waals surface area contributed by atoms with Crippen molar-refractivity contribution in [2.45, 2.75) is 9.87 Å². The van der Waals surface area contributed by atoms with E-state index in [2.05, 4.69) is 0 Å². The summed E-state index contributed by atoms with van der Waals surface area (Å²) in [6.45, 7) is 3.04. The van der Waals surface area contributed by atoms with E-state index in [1.54, 1.807) is 11.5 Å². The zero-order chi connectivity index (χ0) is 10.3. The molecule has 0 spiro atoms. The summed E-state index contributed by atoms with van der Waals surface area (Å²) in [7, 11) is -2.55. The minimum absolute atomic E-state index is 0. The van der Waals surface area contributed by atoms with Gasteiger partial charge in [0.1, 0.15) is 4.21 Å². The first-order valence-corrected chi connectivity index (χ1v) is 7.51. The molecule has 0 radical (unpaired) electrons. The summed E-state index contributed by atoms with van der Waals surface area (Å²) >= 11 is 6.76. The average Bonchev–Trinajstić information content (AvgIpc) is 2.31. The Morgan fingerprint density at radius 2 is 2.14 bits per heavy atom. The number of thioether (sulfide) groups is 1. The molecule has 0 fully saturated rings. The molecule has 2 unspecified atom stereocenters. The summed E-state index contributed by atoms with van der Waals surface area (Å²) < 4.78 is 10.1. The number of aliphatic carboxylic acids is 1. The molecule has 1 aliphatic rings. The Bertz CT molecular complexity index is 316. The molecule has 3 nitrogen and oxygen atoms in total. The molecular weight excluding hydrogens is 270 g/mol. The van der Waals surface area contributed by atoms with E-state index in [1.807, 2.05) is 0 Å². The first kappa shape index (κ1) is 15.7. The monoisotopic (exact) mass is 278 g/mol. The molecule has 1 rings (SSSR count). The third-order valence-corrected chi connectivity index (χ3v) is 5.77. The molecule has 7 heteroatoms. The van der Waals surface area contributed by atoms with Crippen LogP contribution in [0.1, 0.15) is 0 Å². The van der Waals surface area contributed by atoms with Crippen molar-refractivity contribution in [3.63, 3.8) is 0 Å². The van der Waals surface area contributed by atoms with Gasteiger partial charge in [-0.05, 0) is 18.7 Å². The molecule has 0 saturated carbocycles. The Kier molecular flexibility index (Phi) is 6.02. The Morgan fingerprint density at radius 1 is 1.64 bits per heavy atom. The maximum atomic E-state index is 11.7. The van der Waals surface area contributed by atoms with E-state index in [1.165, 1.54) is 13.3 Å². The van der Waals surface area contributed by atoms with Crippen molar-refractivity contribution in [2.75, 3.05) is 13.3 Å². The van der Waals surface area contributed by atoms with E-state index >= 15 is 0 Å². The summed E-state index contributed by atoms with van der Waals surface area (Å²) in [4.78, 5) is 10.8. The Balaban J connectivity index is 0.00000169. The van der Waals surface area contributed by atoms with Crippen molar-refractivity contribution in [2.24, 2.45) is 0 Å². The smallest absolute Gasteiger partial charge is 0.547 e. The molecular formula is C7H9ClKO3PS. The van der Waals surface area contributed by atoms with Gasteiger partial charge in [0, 0.05) is 0 Å². The molecule has 0 bridgehead atoms. The number of hydrogen-bond donors (Lipinski definition) is 0. The summed E-state index contributed by atoms with van der Waals surface area (Å²) in [6, 6.07) is 0. The number of carbonyl (C=O) groups is 1. The van der Waals surface area contributed by atoms with Crippen LogP contribution in [-0.4, -0.2) is 29.2 Å². The van der Waals surface area contributed by atoms with Crippen LogP contribution in [0.3, 0.4) is 0 Å². The number of halogens is 1. The van der Waals surface area contributed by atoms with E-state index in [-0.39, 0.29) is 51.4 Å². The fourth-order valence-electron chi connectivity index (χ4n) is 1.18.